The van der Waals surface area contributed by atoms with Crippen molar-refractivity contribution in [1.29, 1.82) is 0 Å². The number of amides is 1. The van der Waals surface area contributed by atoms with Crippen LogP contribution in [0.4, 0.5) is 24.8 Å². The third-order valence-corrected chi connectivity index (χ3v) is 6.51. The molecule has 2 N–H and O–H groups in total. The van der Waals surface area contributed by atoms with Crippen LogP contribution in [0.2, 0.25) is 10.2 Å². The number of anilines is 2. The minimum absolute atomic E-state index is 0.107. The van der Waals surface area contributed by atoms with E-state index in [1.165, 1.54) is 16.7 Å². The average molecular weight is 587 g/mol. The summed E-state index contributed by atoms with van der Waals surface area (Å²) in [6.07, 6.45) is -4.94. The molecule has 2 heterocycles. The van der Waals surface area contributed by atoms with E-state index in [9.17, 15) is 22.8 Å². The van der Waals surface area contributed by atoms with Crippen LogP contribution in [0.15, 0.2) is 83.7 Å². The molecule has 0 atom stereocenters. The first-order chi connectivity index (χ1) is 19.1. The lowest BCUT2D eigenvalue weighted by Crippen LogP contribution is -2.33. The van der Waals surface area contributed by atoms with Gasteiger partial charge in [0.15, 0.2) is 5.69 Å². The fraction of sp³-hybridized carbons (Fsp3) is 0.111. The van der Waals surface area contributed by atoms with Crippen molar-refractivity contribution < 1.29 is 18.0 Å². The summed E-state index contributed by atoms with van der Waals surface area (Å²) in [4.78, 5) is 30.8. The van der Waals surface area contributed by atoms with E-state index in [4.69, 9.17) is 23.2 Å². The summed E-state index contributed by atoms with van der Waals surface area (Å²) in [6, 6.07) is 21.3. The molecule has 0 aliphatic rings. The summed E-state index contributed by atoms with van der Waals surface area (Å²) < 4.78 is 43.6. The zero-order valence-electron chi connectivity index (χ0n) is 20.4. The van der Waals surface area contributed by atoms with Crippen LogP contribution in [-0.2, 0) is 12.7 Å². The highest BCUT2D eigenvalue weighted by molar-refractivity contribution is 6.33. The van der Waals surface area contributed by atoms with E-state index in [-0.39, 0.29) is 24.7 Å². The van der Waals surface area contributed by atoms with E-state index in [0.29, 0.717) is 21.6 Å². The normalized spacial score (nSPS) is 11.5. The molecule has 0 bridgehead atoms. The van der Waals surface area contributed by atoms with Gasteiger partial charge in [0.25, 0.3) is 11.5 Å². The monoisotopic (exact) mass is 586 g/mol. The van der Waals surface area contributed by atoms with Gasteiger partial charge in [-0.25, -0.2) is 9.67 Å². The van der Waals surface area contributed by atoms with Crippen molar-refractivity contribution in [3.8, 4) is 5.69 Å². The number of benzene rings is 3. The highest BCUT2D eigenvalue weighted by Crippen LogP contribution is 2.35. The van der Waals surface area contributed by atoms with Gasteiger partial charge in [0, 0.05) is 23.8 Å². The Labute approximate surface area is 235 Å². The maximum absolute atomic E-state index is 13.8. The molecule has 0 aliphatic heterocycles. The summed E-state index contributed by atoms with van der Waals surface area (Å²) in [7, 11) is 0. The van der Waals surface area contributed by atoms with Crippen molar-refractivity contribution in [3.05, 3.63) is 111 Å². The predicted molar refractivity (Wildman–Crippen MR) is 147 cm³/mol. The minimum Gasteiger partial charge on any atom is -0.350 e. The number of nitrogens with one attached hydrogen (secondary N) is 2. The molecule has 40 heavy (non-hydrogen) atoms. The van der Waals surface area contributed by atoms with Gasteiger partial charge in [-0.3, -0.25) is 14.2 Å². The Kier molecular flexibility index (Phi) is 7.51. The van der Waals surface area contributed by atoms with Crippen molar-refractivity contribution in [1.82, 2.24) is 24.6 Å². The third-order valence-electron chi connectivity index (χ3n) is 5.91. The predicted octanol–water partition coefficient (Wildman–Crippen LogP) is 6.08. The molecule has 5 rings (SSSR count). The van der Waals surface area contributed by atoms with E-state index in [2.05, 4.69) is 20.7 Å². The molecule has 3 aromatic carbocycles. The Morgan fingerprint density at radius 2 is 1.60 bits per heavy atom. The van der Waals surface area contributed by atoms with E-state index >= 15 is 0 Å². The number of carbonyl (C=O) groups is 1. The van der Waals surface area contributed by atoms with Crippen LogP contribution in [0.3, 0.4) is 0 Å². The summed E-state index contributed by atoms with van der Waals surface area (Å²) >= 11 is 12.2. The number of para-hydroxylation sites is 2. The Bertz CT molecular complexity index is 1750. The van der Waals surface area contributed by atoms with Crippen molar-refractivity contribution >= 4 is 51.6 Å². The number of hydrogen-bond donors (Lipinski definition) is 2. The molecule has 1 amide bonds. The number of carbonyl (C=O) groups excluding carboxylic acids is 1. The van der Waals surface area contributed by atoms with E-state index in [1.54, 1.807) is 66.7 Å². The second-order valence-corrected chi connectivity index (χ2v) is 9.35. The van der Waals surface area contributed by atoms with Gasteiger partial charge in [-0.1, -0.05) is 53.5 Å². The zero-order valence-corrected chi connectivity index (χ0v) is 21.9. The Morgan fingerprint density at radius 1 is 0.925 bits per heavy atom. The summed E-state index contributed by atoms with van der Waals surface area (Å²) in [5.41, 5.74) is -1.35. The highest BCUT2D eigenvalue weighted by Gasteiger charge is 2.41. The van der Waals surface area contributed by atoms with Crippen molar-refractivity contribution in [2.75, 3.05) is 11.9 Å². The molecule has 0 radical (unpaired) electrons. The van der Waals surface area contributed by atoms with Crippen LogP contribution in [0.25, 0.3) is 16.6 Å². The number of halogens is 5. The lowest BCUT2D eigenvalue weighted by molar-refractivity contribution is -0.141. The molecule has 0 saturated heterocycles. The number of fused-ring (bicyclic) bond motifs is 1. The largest absolute Gasteiger partial charge is 0.436 e. The molecule has 0 saturated carbocycles. The standard InChI is InChI=1S/C27H19Cl2F3N6O2/c28-16-10-12-17(13-11-16)34-26-35-20-9-5-4-8-19(20)25(40)37(26)15-14-33-24(39)21-22(27(30,31)32)36-38(23(21)29)18-6-2-1-3-7-18/h1-13H,14-15H2,(H,33,39)(H,34,35). The second-order valence-electron chi connectivity index (χ2n) is 8.56. The highest BCUT2D eigenvalue weighted by atomic mass is 35.5. The molecule has 13 heteroatoms. The Morgan fingerprint density at radius 3 is 2.30 bits per heavy atom. The van der Waals surface area contributed by atoms with Crippen LogP contribution in [0.1, 0.15) is 16.1 Å². The van der Waals surface area contributed by atoms with Crippen molar-refractivity contribution in [2.45, 2.75) is 12.7 Å². The van der Waals surface area contributed by atoms with Crippen LogP contribution in [-0.4, -0.2) is 31.8 Å². The minimum atomic E-state index is -4.94. The van der Waals surface area contributed by atoms with Gasteiger partial charge in [-0.15, -0.1) is 0 Å². The van der Waals surface area contributed by atoms with E-state index in [0.717, 1.165) is 4.68 Å². The second kappa shape index (κ2) is 11.0. The van der Waals surface area contributed by atoms with Crippen LogP contribution >= 0.6 is 23.2 Å². The first kappa shape index (κ1) is 27.2. The summed E-state index contributed by atoms with van der Waals surface area (Å²) in [5.74, 6) is -0.917. The molecular weight excluding hydrogens is 568 g/mol. The van der Waals surface area contributed by atoms with E-state index in [1.807, 2.05) is 0 Å². The number of rotatable bonds is 7. The van der Waals surface area contributed by atoms with Gasteiger partial charge in [0.1, 0.15) is 10.7 Å². The van der Waals surface area contributed by atoms with Gasteiger partial charge >= 0.3 is 6.18 Å². The first-order valence-electron chi connectivity index (χ1n) is 11.8. The molecule has 8 nitrogen and oxygen atoms in total. The Balaban J connectivity index is 1.44. The van der Waals surface area contributed by atoms with Crippen molar-refractivity contribution in [3.63, 3.8) is 0 Å². The molecular formula is C27H19Cl2F3N6O2. The third kappa shape index (κ3) is 5.51. The summed E-state index contributed by atoms with van der Waals surface area (Å²) in [5, 5.41) is 9.42. The molecule has 2 aromatic heterocycles. The smallest absolute Gasteiger partial charge is 0.350 e. The SMILES string of the molecule is O=C(NCCn1c(Nc2ccc(Cl)cc2)nc2ccccc2c1=O)c1c(C(F)(F)F)nn(-c2ccccc2)c1Cl. The first-order valence-corrected chi connectivity index (χ1v) is 12.6. The number of nitrogens with zero attached hydrogens (tertiary/aromatic N) is 4. The van der Waals surface area contributed by atoms with Gasteiger partial charge in [0.05, 0.1) is 16.6 Å². The number of aromatic nitrogens is 4. The van der Waals surface area contributed by atoms with Gasteiger partial charge in [0.2, 0.25) is 5.95 Å². The molecule has 204 valence electrons. The lowest BCUT2D eigenvalue weighted by atomic mass is 10.2. The van der Waals surface area contributed by atoms with Crippen LogP contribution < -0.4 is 16.2 Å². The maximum atomic E-state index is 13.8. The van der Waals surface area contributed by atoms with Crippen LogP contribution in [0.5, 0.6) is 0 Å². The Hall–Kier alpha value is -4.35. The summed E-state index contributed by atoms with van der Waals surface area (Å²) in [6.45, 7) is -0.317. The fourth-order valence-electron chi connectivity index (χ4n) is 4.04. The lowest BCUT2D eigenvalue weighted by Gasteiger charge is -2.15. The average Bonchev–Trinajstić information content (AvgIpc) is 3.30. The van der Waals surface area contributed by atoms with Gasteiger partial charge in [-0.05, 0) is 48.5 Å². The molecule has 0 fully saturated rings. The number of hydrogen-bond acceptors (Lipinski definition) is 5. The molecule has 0 unspecified atom stereocenters. The molecule has 5 aromatic rings. The van der Waals surface area contributed by atoms with Crippen molar-refractivity contribution in [2.24, 2.45) is 0 Å². The molecule has 0 aliphatic carbocycles. The van der Waals surface area contributed by atoms with E-state index < -0.39 is 34.1 Å². The molecule has 0 spiro atoms. The van der Waals surface area contributed by atoms with Crippen LogP contribution in [0, 0.1) is 0 Å². The topological polar surface area (TPSA) is 93.8 Å². The zero-order chi connectivity index (χ0) is 28.4. The maximum Gasteiger partial charge on any atom is 0.436 e. The fourth-order valence-corrected chi connectivity index (χ4v) is 4.48. The van der Waals surface area contributed by atoms with Gasteiger partial charge in [-0.2, -0.15) is 18.3 Å². The number of alkyl halides is 3. The quantitative estimate of drug-likeness (QED) is 0.241. The van der Waals surface area contributed by atoms with Gasteiger partial charge < -0.3 is 10.6 Å².